The molecule has 6 nitrogen and oxygen atoms in total. The van der Waals surface area contributed by atoms with Gasteiger partial charge >= 0.3 is 0 Å². The van der Waals surface area contributed by atoms with Gasteiger partial charge in [0.15, 0.2) is 0 Å². The van der Waals surface area contributed by atoms with E-state index in [4.69, 9.17) is 10.00 Å². The van der Waals surface area contributed by atoms with Crippen molar-refractivity contribution < 1.29 is 9.53 Å². The Morgan fingerprint density at radius 3 is 2.54 bits per heavy atom. The normalized spacial score (nSPS) is 20.0. The predicted molar refractivity (Wildman–Crippen MR) is 87.3 cm³/mol. The van der Waals surface area contributed by atoms with Crippen LogP contribution in [0, 0.1) is 11.3 Å². The number of nitrogens with one attached hydrogen (secondary N) is 1. The zero-order valence-corrected chi connectivity index (χ0v) is 13.2. The summed E-state index contributed by atoms with van der Waals surface area (Å²) >= 11 is 0. The van der Waals surface area contributed by atoms with Gasteiger partial charge in [0.1, 0.15) is 12.2 Å². The third-order valence-electron chi connectivity index (χ3n) is 4.10. The van der Waals surface area contributed by atoms with Gasteiger partial charge in [0, 0.05) is 36.3 Å². The van der Waals surface area contributed by atoms with Crippen LogP contribution < -0.4 is 10.1 Å². The second-order valence-corrected chi connectivity index (χ2v) is 5.80. The van der Waals surface area contributed by atoms with Crippen LogP contribution >= 0.6 is 0 Å². The van der Waals surface area contributed by atoms with Crippen LogP contribution in [0.2, 0.25) is 0 Å². The molecular weight excluding hydrogens is 304 g/mol. The summed E-state index contributed by atoms with van der Waals surface area (Å²) in [6.45, 7) is 0. The number of carbonyl (C=O) groups is 1. The first-order chi connectivity index (χ1) is 11.7. The van der Waals surface area contributed by atoms with Crippen LogP contribution in [-0.2, 0) is 0 Å². The highest BCUT2D eigenvalue weighted by Crippen LogP contribution is 2.23. The average Bonchev–Trinajstić information content (AvgIpc) is 2.65. The molecule has 1 fully saturated rings. The molecule has 0 aromatic carbocycles. The highest BCUT2D eigenvalue weighted by molar-refractivity contribution is 5.94. The second kappa shape index (κ2) is 7.55. The molecule has 0 saturated heterocycles. The molecule has 0 radical (unpaired) electrons. The number of nitriles is 1. The lowest BCUT2D eigenvalue weighted by Gasteiger charge is -2.29. The van der Waals surface area contributed by atoms with Crippen LogP contribution in [0.1, 0.15) is 41.6 Å². The molecule has 6 heteroatoms. The quantitative estimate of drug-likeness (QED) is 0.934. The van der Waals surface area contributed by atoms with Gasteiger partial charge in [0.05, 0.1) is 5.56 Å². The molecule has 0 aliphatic heterocycles. The van der Waals surface area contributed by atoms with Gasteiger partial charge in [-0.3, -0.25) is 9.78 Å². The van der Waals surface area contributed by atoms with Gasteiger partial charge in [-0.15, -0.1) is 0 Å². The number of amides is 1. The van der Waals surface area contributed by atoms with E-state index in [-0.39, 0.29) is 18.1 Å². The van der Waals surface area contributed by atoms with Crippen molar-refractivity contribution in [1.82, 2.24) is 15.3 Å². The Bertz CT molecular complexity index is 717. The van der Waals surface area contributed by atoms with Crippen molar-refractivity contribution in [2.24, 2.45) is 0 Å². The molecule has 2 heterocycles. The molecule has 1 saturated carbocycles. The van der Waals surface area contributed by atoms with Crippen LogP contribution in [0.25, 0.3) is 0 Å². The maximum Gasteiger partial charge on any atom is 0.251 e. The van der Waals surface area contributed by atoms with E-state index in [1.54, 1.807) is 36.7 Å². The van der Waals surface area contributed by atoms with Crippen molar-refractivity contribution in [1.29, 1.82) is 5.26 Å². The smallest absolute Gasteiger partial charge is 0.251 e. The lowest BCUT2D eigenvalue weighted by molar-refractivity contribution is 0.0890. The number of nitrogens with zero attached hydrogens (tertiary/aromatic N) is 3. The average molecular weight is 322 g/mol. The molecule has 0 spiro atoms. The van der Waals surface area contributed by atoms with Crippen LogP contribution in [-0.4, -0.2) is 28.0 Å². The molecular formula is C18H18N4O2. The van der Waals surface area contributed by atoms with Crippen molar-refractivity contribution in [3.8, 4) is 11.9 Å². The van der Waals surface area contributed by atoms with Gasteiger partial charge in [-0.05, 0) is 43.9 Å². The maximum absolute atomic E-state index is 12.1. The predicted octanol–water partition coefficient (Wildman–Crippen LogP) is 2.47. The fraction of sp³-hybridized carbons (Fsp3) is 0.333. The topological polar surface area (TPSA) is 87.9 Å². The molecule has 1 aliphatic rings. The van der Waals surface area contributed by atoms with Gasteiger partial charge in [0.25, 0.3) is 5.91 Å². The molecule has 3 rings (SSSR count). The number of aromatic nitrogens is 2. The number of carbonyl (C=O) groups excluding carboxylic acids is 1. The van der Waals surface area contributed by atoms with Gasteiger partial charge in [-0.1, -0.05) is 0 Å². The van der Waals surface area contributed by atoms with Crippen LogP contribution in [0.5, 0.6) is 5.88 Å². The van der Waals surface area contributed by atoms with Crippen molar-refractivity contribution in [3.05, 3.63) is 54.0 Å². The van der Waals surface area contributed by atoms with Crippen molar-refractivity contribution >= 4 is 5.91 Å². The first kappa shape index (κ1) is 15.9. The number of hydrogen-bond donors (Lipinski definition) is 1. The largest absolute Gasteiger partial charge is 0.474 e. The Morgan fingerprint density at radius 1 is 1.17 bits per heavy atom. The van der Waals surface area contributed by atoms with E-state index >= 15 is 0 Å². The lowest BCUT2D eigenvalue weighted by atomic mass is 9.92. The molecule has 0 atom stereocenters. The van der Waals surface area contributed by atoms with E-state index in [0.29, 0.717) is 17.0 Å². The van der Waals surface area contributed by atoms with Gasteiger partial charge in [-0.2, -0.15) is 5.26 Å². The van der Waals surface area contributed by atoms with Crippen LogP contribution in [0.3, 0.4) is 0 Å². The Morgan fingerprint density at radius 2 is 1.92 bits per heavy atom. The third-order valence-corrected chi connectivity index (χ3v) is 4.10. The summed E-state index contributed by atoms with van der Waals surface area (Å²) in [5.41, 5.74) is 1.15. The summed E-state index contributed by atoms with van der Waals surface area (Å²) < 4.78 is 5.85. The summed E-state index contributed by atoms with van der Waals surface area (Å²) in [5, 5.41) is 11.8. The Labute approximate surface area is 140 Å². The molecule has 1 amide bonds. The fourth-order valence-electron chi connectivity index (χ4n) is 2.78. The van der Waals surface area contributed by atoms with E-state index in [0.717, 1.165) is 25.7 Å². The van der Waals surface area contributed by atoms with Crippen LogP contribution in [0.15, 0.2) is 42.9 Å². The molecule has 2 aromatic rings. The second-order valence-electron chi connectivity index (χ2n) is 5.80. The summed E-state index contributed by atoms with van der Waals surface area (Å²) in [6.07, 6.45) is 8.31. The molecule has 122 valence electrons. The zero-order chi connectivity index (χ0) is 16.8. The Kier molecular flexibility index (Phi) is 5.02. The maximum atomic E-state index is 12.1. The lowest BCUT2D eigenvalue weighted by Crippen LogP contribution is -2.39. The van der Waals surface area contributed by atoms with Crippen molar-refractivity contribution in [2.75, 3.05) is 0 Å². The number of rotatable bonds is 4. The summed E-state index contributed by atoms with van der Waals surface area (Å²) in [5.74, 6) is 0.480. The zero-order valence-electron chi connectivity index (χ0n) is 13.2. The Hall–Kier alpha value is -2.94. The summed E-state index contributed by atoms with van der Waals surface area (Å²) in [7, 11) is 0. The highest BCUT2D eigenvalue weighted by atomic mass is 16.5. The van der Waals surface area contributed by atoms with E-state index in [2.05, 4.69) is 15.3 Å². The van der Waals surface area contributed by atoms with E-state index < -0.39 is 0 Å². The third kappa shape index (κ3) is 4.07. The molecule has 1 aliphatic carbocycles. The minimum absolute atomic E-state index is 0.0597. The first-order valence-corrected chi connectivity index (χ1v) is 7.98. The Balaban J connectivity index is 1.47. The van der Waals surface area contributed by atoms with Crippen molar-refractivity contribution in [2.45, 2.75) is 37.8 Å². The minimum atomic E-state index is -0.0597. The SMILES string of the molecule is N#Cc1ccc(OC2CCC(NC(=O)c3ccncc3)CC2)nc1. The monoisotopic (exact) mass is 322 g/mol. The minimum Gasteiger partial charge on any atom is -0.474 e. The fourth-order valence-corrected chi connectivity index (χ4v) is 2.78. The molecule has 2 aromatic heterocycles. The first-order valence-electron chi connectivity index (χ1n) is 7.98. The standard InChI is InChI=1S/C18H18N4O2/c19-11-13-1-6-17(21-12-13)24-16-4-2-15(3-5-16)22-18(23)14-7-9-20-10-8-14/h1,6-10,12,15-16H,2-5H2,(H,22,23). The van der Waals surface area contributed by atoms with Crippen molar-refractivity contribution in [3.63, 3.8) is 0 Å². The summed E-state index contributed by atoms with van der Waals surface area (Å²) in [6, 6.07) is 9.03. The van der Waals surface area contributed by atoms with E-state index in [9.17, 15) is 4.79 Å². The van der Waals surface area contributed by atoms with Gasteiger partial charge in [-0.25, -0.2) is 4.98 Å². The van der Waals surface area contributed by atoms with E-state index in [1.165, 1.54) is 6.20 Å². The number of ether oxygens (including phenoxy) is 1. The molecule has 1 N–H and O–H groups in total. The molecule has 24 heavy (non-hydrogen) atoms. The molecule has 0 unspecified atom stereocenters. The number of hydrogen-bond acceptors (Lipinski definition) is 5. The van der Waals surface area contributed by atoms with E-state index in [1.807, 2.05) is 6.07 Å². The van der Waals surface area contributed by atoms with Crippen LogP contribution in [0.4, 0.5) is 0 Å². The summed E-state index contributed by atoms with van der Waals surface area (Å²) in [4.78, 5) is 20.2. The van der Waals surface area contributed by atoms with Gasteiger partial charge < -0.3 is 10.1 Å². The van der Waals surface area contributed by atoms with Gasteiger partial charge in [0.2, 0.25) is 5.88 Å². The number of pyridine rings is 2. The highest BCUT2D eigenvalue weighted by Gasteiger charge is 2.24. The molecule has 0 bridgehead atoms.